The van der Waals surface area contributed by atoms with E-state index in [-0.39, 0.29) is 11.5 Å². The number of rotatable bonds is 6. The van der Waals surface area contributed by atoms with Gasteiger partial charge in [0.1, 0.15) is 12.8 Å². The van der Waals surface area contributed by atoms with Gasteiger partial charge in [-0.05, 0) is 19.1 Å². The maximum absolute atomic E-state index is 11.7. The van der Waals surface area contributed by atoms with Gasteiger partial charge in [-0.2, -0.15) is 18.4 Å². The van der Waals surface area contributed by atoms with E-state index in [2.05, 4.69) is 16.4 Å². The summed E-state index contributed by atoms with van der Waals surface area (Å²) >= 11 is 0. The summed E-state index contributed by atoms with van der Waals surface area (Å²) in [5, 5.41) is 3.32. The average Bonchev–Trinajstić information content (AvgIpc) is 2.36. The van der Waals surface area contributed by atoms with Crippen molar-refractivity contribution in [3.8, 4) is 0 Å². The zero-order valence-corrected chi connectivity index (χ0v) is 11.2. The van der Waals surface area contributed by atoms with Crippen molar-refractivity contribution in [2.75, 3.05) is 6.61 Å². The van der Waals surface area contributed by atoms with E-state index in [1.165, 1.54) is 18.2 Å². The number of ether oxygens (including phenoxy) is 1. The molecule has 19 heavy (non-hydrogen) atoms. The molecule has 1 aromatic rings. The Labute approximate surface area is 111 Å². The summed E-state index contributed by atoms with van der Waals surface area (Å²) in [7, 11) is -3.77. The van der Waals surface area contributed by atoms with Crippen LogP contribution in [0.2, 0.25) is 0 Å². The molecule has 1 N–H and O–H groups in total. The molecule has 1 aromatic carbocycles. The van der Waals surface area contributed by atoms with Gasteiger partial charge in [-0.3, -0.25) is 0 Å². The largest absolute Gasteiger partial charge is 0.457 e. The van der Waals surface area contributed by atoms with Crippen LogP contribution in [0.3, 0.4) is 0 Å². The van der Waals surface area contributed by atoms with E-state index < -0.39 is 16.0 Å². The predicted octanol–water partition coefficient (Wildman–Crippen LogP) is 0.988. The summed E-state index contributed by atoms with van der Waals surface area (Å²) in [6, 6.07) is 6.22. The monoisotopic (exact) mass is 282 g/mol. The molecule has 0 saturated carbocycles. The molecular formula is C12H14N2O4S. The number of esters is 1. The van der Waals surface area contributed by atoms with Crippen LogP contribution in [0.15, 0.2) is 46.9 Å². The van der Waals surface area contributed by atoms with Crippen LogP contribution in [-0.4, -0.2) is 27.2 Å². The number of nitrogens with zero attached hydrogens (tertiary/aromatic N) is 1. The Bertz CT molecular complexity index is 576. The van der Waals surface area contributed by atoms with E-state index in [9.17, 15) is 13.2 Å². The molecule has 0 aliphatic heterocycles. The molecule has 0 bridgehead atoms. The summed E-state index contributed by atoms with van der Waals surface area (Å²) in [5.74, 6) is -0.758. The Morgan fingerprint density at radius 3 is 2.63 bits per heavy atom. The first-order valence-corrected chi connectivity index (χ1v) is 6.83. The Hall–Kier alpha value is -2.15. The highest BCUT2D eigenvalue weighted by molar-refractivity contribution is 7.89. The second-order valence-electron chi connectivity index (χ2n) is 3.58. The van der Waals surface area contributed by atoms with E-state index >= 15 is 0 Å². The molecule has 7 heteroatoms. The minimum atomic E-state index is -3.77. The van der Waals surface area contributed by atoms with Gasteiger partial charge in [0.25, 0.3) is 10.0 Å². The molecule has 0 aliphatic carbocycles. The number of aryl methyl sites for hydroxylation is 1. The minimum absolute atomic E-state index is 0.0373. The first kappa shape index (κ1) is 14.9. The zero-order valence-electron chi connectivity index (χ0n) is 10.4. The number of carbonyl (C=O) groups is 1. The van der Waals surface area contributed by atoms with Crippen LogP contribution >= 0.6 is 0 Å². The fourth-order valence-corrected chi connectivity index (χ4v) is 1.89. The van der Waals surface area contributed by atoms with Crippen LogP contribution in [0.1, 0.15) is 5.56 Å². The molecule has 0 spiro atoms. The molecule has 0 saturated heterocycles. The second-order valence-corrected chi connectivity index (χ2v) is 5.25. The van der Waals surface area contributed by atoms with Gasteiger partial charge < -0.3 is 4.74 Å². The number of carbonyl (C=O) groups excluding carboxylic acids is 1. The highest BCUT2D eigenvalue weighted by atomic mass is 32.2. The van der Waals surface area contributed by atoms with Crippen LogP contribution in [0.25, 0.3) is 0 Å². The first-order chi connectivity index (χ1) is 8.95. The van der Waals surface area contributed by atoms with Crippen molar-refractivity contribution in [1.82, 2.24) is 4.83 Å². The van der Waals surface area contributed by atoms with Crippen LogP contribution in [0, 0.1) is 6.92 Å². The van der Waals surface area contributed by atoms with Gasteiger partial charge in [0.15, 0.2) is 0 Å². The topological polar surface area (TPSA) is 84.8 Å². The van der Waals surface area contributed by atoms with Crippen molar-refractivity contribution in [2.45, 2.75) is 11.8 Å². The summed E-state index contributed by atoms with van der Waals surface area (Å²) in [4.78, 5) is 13.0. The molecule has 0 unspecified atom stereocenters. The van der Waals surface area contributed by atoms with E-state index in [1.54, 1.807) is 12.1 Å². The maximum atomic E-state index is 11.7. The zero-order chi connectivity index (χ0) is 14.3. The lowest BCUT2D eigenvalue weighted by Gasteiger charge is -2.03. The van der Waals surface area contributed by atoms with Crippen molar-refractivity contribution >= 4 is 22.2 Å². The SMILES string of the molecule is C=CCOC(=O)C=NNS(=O)(=O)c1ccc(C)cc1. The molecule has 6 nitrogen and oxygen atoms in total. The Balaban J connectivity index is 2.65. The number of benzene rings is 1. The Morgan fingerprint density at radius 1 is 1.42 bits per heavy atom. The maximum Gasteiger partial charge on any atom is 0.351 e. The van der Waals surface area contributed by atoms with Gasteiger partial charge in [-0.25, -0.2) is 4.79 Å². The molecule has 1 rings (SSSR count). The number of hydrazone groups is 1. The number of hydrogen-bond acceptors (Lipinski definition) is 5. The minimum Gasteiger partial charge on any atom is -0.457 e. The molecule has 0 fully saturated rings. The molecule has 0 radical (unpaired) electrons. The third-order valence-electron chi connectivity index (χ3n) is 2.02. The molecule has 0 amide bonds. The normalized spacial score (nSPS) is 11.2. The summed E-state index contributed by atoms with van der Waals surface area (Å²) in [6.07, 6.45) is 2.14. The number of hydrogen-bond donors (Lipinski definition) is 1. The van der Waals surface area contributed by atoms with Gasteiger partial charge in [0.2, 0.25) is 0 Å². The summed E-state index contributed by atoms with van der Waals surface area (Å²) in [5.41, 5.74) is 0.940. The Morgan fingerprint density at radius 2 is 2.05 bits per heavy atom. The second kappa shape index (κ2) is 6.69. The van der Waals surface area contributed by atoms with Gasteiger partial charge in [-0.15, -0.1) is 0 Å². The third-order valence-corrected chi connectivity index (χ3v) is 3.26. The third kappa shape index (κ3) is 4.92. The lowest BCUT2D eigenvalue weighted by molar-refractivity contribution is -0.133. The summed E-state index contributed by atoms with van der Waals surface area (Å²) in [6.45, 7) is 5.25. The number of sulfonamides is 1. The highest BCUT2D eigenvalue weighted by Crippen LogP contribution is 2.09. The molecule has 0 aromatic heterocycles. The molecule has 0 aliphatic rings. The quantitative estimate of drug-likeness (QED) is 0.365. The summed E-state index contributed by atoms with van der Waals surface area (Å²) < 4.78 is 28.1. The van der Waals surface area contributed by atoms with Gasteiger partial charge >= 0.3 is 5.97 Å². The lowest BCUT2D eigenvalue weighted by atomic mass is 10.2. The number of nitrogens with one attached hydrogen (secondary N) is 1. The average molecular weight is 282 g/mol. The fraction of sp³-hybridized carbons (Fsp3) is 0.167. The van der Waals surface area contributed by atoms with Gasteiger partial charge in [-0.1, -0.05) is 30.4 Å². The molecule has 102 valence electrons. The van der Waals surface area contributed by atoms with Crippen molar-refractivity contribution < 1.29 is 17.9 Å². The van der Waals surface area contributed by atoms with Crippen LogP contribution in [0.4, 0.5) is 0 Å². The van der Waals surface area contributed by atoms with Gasteiger partial charge in [0, 0.05) is 0 Å². The highest BCUT2D eigenvalue weighted by Gasteiger charge is 2.11. The van der Waals surface area contributed by atoms with E-state index in [4.69, 9.17) is 0 Å². The Kier molecular flexibility index (Phi) is 5.25. The molecule has 0 heterocycles. The molecular weight excluding hydrogens is 268 g/mol. The van der Waals surface area contributed by atoms with Crippen molar-refractivity contribution in [1.29, 1.82) is 0 Å². The van der Waals surface area contributed by atoms with Crippen molar-refractivity contribution in [2.24, 2.45) is 5.10 Å². The van der Waals surface area contributed by atoms with E-state index in [0.29, 0.717) is 0 Å². The van der Waals surface area contributed by atoms with Crippen LogP contribution < -0.4 is 4.83 Å². The predicted molar refractivity (Wildman–Crippen MR) is 71.1 cm³/mol. The van der Waals surface area contributed by atoms with Crippen molar-refractivity contribution in [3.63, 3.8) is 0 Å². The smallest absolute Gasteiger partial charge is 0.351 e. The van der Waals surface area contributed by atoms with Gasteiger partial charge in [0.05, 0.1) is 4.90 Å². The van der Waals surface area contributed by atoms with E-state index in [1.807, 2.05) is 11.8 Å². The van der Waals surface area contributed by atoms with Crippen LogP contribution in [-0.2, 0) is 19.6 Å². The van der Waals surface area contributed by atoms with Crippen LogP contribution in [0.5, 0.6) is 0 Å². The van der Waals surface area contributed by atoms with Crippen molar-refractivity contribution in [3.05, 3.63) is 42.5 Å². The van der Waals surface area contributed by atoms with E-state index in [0.717, 1.165) is 11.8 Å². The standard InChI is InChI=1S/C12H14N2O4S/c1-3-8-18-12(15)9-13-14-19(16,17)11-6-4-10(2)5-7-11/h3-7,9,14H,1,8H2,2H3. The fourth-order valence-electron chi connectivity index (χ4n) is 1.10. The molecule has 0 atom stereocenters. The first-order valence-electron chi connectivity index (χ1n) is 5.35. The lowest BCUT2D eigenvalue weighted by Crippen LogP contribution is -2.19.